The van der Waals surface area contributed by atoms with E-state index < -0.39 is 10.0 Å². The average Bonchev–Trinajstić information content (AvgIpc) is 2.58. The van der Waals surface area contributed by atoms with E-state index in [-0.39, 0.29) is 10.7 Å². The summed E-state index contributed by atoms with van der Waals surface area (Å²) in [4.78, 5) is 4.45. The number of aryl methyl sites for hydroxylation is 2. The Bertz CT molecular complexity index is 1080. The van der Waals surface area contributed by atoms with Crippen LogP contribution in [0.2, 0.25) is 10.0 Å². The van der Waals surface area contributed by atoms with Crippen molar-refractivity contribution < 1.29 is 8.42 Å². The van der Waals surface area contributed by atoms with Gasteiger partial charge in [-0.1, -0.05) is 47.5 Å². The van der Waals surface area contributed by atoms with Crippen LogP contribution in [-0.2, 0) is 10.0 Å². The Labute approximate surface area is 162 Å². The van der Waals surface area contributed by atoms with Gasteiger partial charge >= 0.3 is 0 Å². The molecule has 3 rings (SSSR count). The molecule has 1 aromatic heterocycles. The average molecular weight is 407 g/mol. The summed E-state index contributed by atoms with van der Waals surface area (Å²) < 4.78 is 27.6. The second-order valence-electron chi connectivity index (χ2n) is 5.83. The Morgan fingerprint density at radius 1 is 0.885 bits per heavy atom. The molecule has 0 saturated carbocycles. The summed E-state index contributed by atoms with van der Waals surface area (Å²) in [5.41, 5.74) is 3.17. The largest absolute Gasteiger partial charge is 0.263 e. The van der Waals surface area contributed by atoms with Gasteiger partial charge in [-0.2, -0.15) is 0 Å². The highest BCUT2D eigenvalue weighted by Gasteiger charge is 2.17. The van der Waals surface area contributed by atoms with Crippen molar-refractivity contribution in [3.8, 4) is 11.1 Å². The molecule has 0 saturated heterocycles. The first-order valence-corrected chi connectivity index (χ1v) is 10.0. The van der Waals surface area contributed by atoms with E-state index in [1.165, 1.54) is 12.1 Å². The van der Waals surface area contributed by atoms with E-state index in [1.54, 1.807) is 31.2 Å². The fourth-order valence-corrected chi connectivity index (χ4v) is 4.03. The number of hydrogen-bond donors (Lipinski definition) is 1. The van der Waals surface area contributed by atoms with Gasteiger partial charge in [-0.25, -0.2) is 13.4 Å². The fraction of sp³-hybridized carbons (Fsp3) is 0.105. The minimum absolute atomic E-state index is 0.0859. The van der Waals surface area contributed by atoms with Crippen LogP contribution < -0.4 is 4.72 Å². The molecule has 0 amide bonds. The van der Waals surface area contributed by atoms with Gasteiger partial charge in [-0.05, 0) is 49.7 Å². The number of anilines is 1. The molecule has 3 aromatic rings. The van der Waals surface area contributed by atoms with E-state index in [0.717, 1.165) is 16.7 Å². The van der Waals surface area contributed by atoms with Gasteiger partial charge in [0, 0.05) is 26.9 Å². The number of sulfonamides is 1. The third-order valence-electron chi connectivity index (χ3n) is 3.94. The van der Waals surface area contributed by atoms with Crippen LogP contribution in [0.15, 0.2) is 59.5 Å². The van der Waals surface area contributed by atoms with E-state index in [4.69, 9.17) is 23.2 Å². The number of hydrogen-bond acceptors (Lipinski definition) is 3. The Kier molecular flexibility index (Phi) is 5.23. The molecule has 2 aromatic carbocycles. The number of pyridine rings is 1. The summed E-state index contributed by atoms with van der Waals surface area (Å²) in [5, 5.41) is 1.01. The number of nitrogens with zero attached hydrogens (tertiary/aromatic N) is 1. The summed E-state index contributed by atoms with van der Waals surface area (Å²) in [6, 6.07) is 15.4. The predicted molar refractivity (Wildman–Crippen MR) is 106 cm³/mol. The molecule has 0 aliphatic rings. The van der Waals surface area contributed by atoms with Gasteiger partial charge in [0.05, 0.1) is 4.90 Å². The molecule has 4 nitrogen and oxygen atoms in total. The lowest BCUT2D eigenvalue weighted by atomic mass is 10.0. The Balaban J connectivity index is 1.92. The molecule has 0 bridgehead atoms. The lowest BCUT2D eigenvalue weighted by molar-refractivity contribution is 0.601. The van der Waals surface area contributed by atoms with Crippen LogP contribution in [0.4, 0.5) is 5.82 Å². The number of nitrogens with one attached hydrogen (secondary N) is 1. The Morgan fingerprint density at radius 3 is 2.27 bits per heavy atom. The van der Waals surface area contributed by atoms with E-state index in [1.807, 2.05) is 25.1 Å². The van der Waals surface area contributed by atoms with Crippen molar-refractivity contribution in [2.24, 2.45) is 0 Å². The first kappa shape index (κ1) is 18.7. The highest BCUT2D eigenvalue weighted by atomic mass is 35.5. The lowest BCUT2D eigenvalue weighted by Gasteiger charge is -2.12. The molecule has 0 radical (unpaired) electrons. The van der Waals surface area contributed by atoms with Gasteiger partial charge in [0.1, 0.15) is 5.82 Å². The van der Waals surface area contributed by atoms with Crippen molar-refractivity contribution in [3.05, 3.63) is 75.9 Å². The number of halogens is 2. The van der Waals surface area contributed by atoms with Crippen LogP contribution >= 0.6 is 23.2 Å². The van der Waals surface area contributed by atoms with E-state index in [0.29, 0.717) is 15.7 Å². The molecule has 134 valence electrons. The number of benzene rings is 2. The first-order valence-electron chi connectivity index (χ1n) is 7.79. The highest BCUT2D eigenvalue weighted by molar-refractivity contribution is 7.92. The first-order chi connectivity index (χ1) is 12.3. The molecule has 7 heteroatoms. The van der Waals surface area contributed by atoms with E-state index in [9.17, 15) is 8.42 Å². The number of rotatable bonds is 4. The van der Waals surface area contributed by atoms with Gasteiger partial charge in [-0.3, -0.25) is 4.72 Å². The summed E-state index contributed by atoms with van der Waals surface area (Å²) in [5.74, 6) is 0.231. The van der Waals surface area contributed by atoms with Crippen LogP contribution in [-0.4, -0.2) is 13.4 Å². The van der Waals surface area contributed by atoms with Crippen molar-refractivity contribution in [1.82, 2.24) is 4.98 Å². The summed E-state index contributed by atoms with van der Waals surface area (Å²) in [7, 11) is -3.78. The molecular weight excluding hydrogens is 391 g/mol. The lowest BCUT2D eigenvalue weighted by Crippen LogP contribution is -2.14. The zero-order chi connectivity index (χ0) is 18.9. The minimum atomic E-state index is -3.78. The van der Waals surface area contributed by atoms with E-state index >= 15 is 0 Å². The SMILES string of the molecule is Cc1ccc(S(=O)(=O)Nc2ccc(-c3ccccc3Cl)c(C)n2)cc1Cl. The van der Waals surface area contributed by atoms with Gasteiger partial charge in [-0.15, -0.1) is 0 Å². The van der Waals surface area contributed by atoms with Gasteiger partial charge in [0.25, 0.3) is 10.0 Å². The van der Waals surface area contributed by atoms with Crippen molar-refractivity contribution in [3.63, 3.8) is 0 Å². The Morgan fingerprint density at radius 2 is 1.62 bits per heavy atom. The molecule has 26 heavy (non-hydrogen) atoms. The molecule has 0 aliphatic heterocycles. The molecule has 1 N–H and O–H groups in total. The summed E-state index contributed by atoms with van der Waals surface area (Å²) >= 11 is 12.3. The third kappa shape index (κ3) is 3.85. The number of aromatic nitrogens is 1. The van der Waals surface area contributed by atoms with Crippen molar-refractivity contribution in [2.75, 3.05) is 4.72 Å². The molecule has 0 spiro atoms. The second kappa shape index (κ2) is 7.27. The van der Waals surface area contributed by atoms with Crippen molar-refractivity contribution >= 4 is 39.0 Å². The molecule has 0 atom stereocenters. The van der Waals surface area contributed by atoms with Gasteiger partial charge in [0.15, 0.2) is 0 Å². The van der Waals surface area contributed by atoms with Crippen molar-refractivity contribution in [1.29, 1.82) is 0 Å². The smallest absolute Gasteiger partial charge is 0.263 e. The third-order valence-corrected chi connectivity index (χ3v) is 6.03. The van der Waals surface area contributed by atoms with Crippen molar-refractivity contribution in [2.45, 2.75) is 18.7 Å². The maximum atomic E-state index is 12.6. The summed E-state index contributed by atoms with van der Waals surface area (Å²) in [6.07, 6.45) is 0. The Hall–Kier alpha value is -2.08. The maximum Gasteiger partial charge on any atom is 0.263 e. The van der Waals surface area contributed by atoms with Crippen LogP contribution in [0, 0.1) is 13.8 Å². The standard InChI is InChI=1S/C19H16Cl2N2O2S/c1-12-7-8-14(11-18(12)21)26(24,25)23-19-10-9-15(13(2)22-19)16-5-3-4-6-17(16)20/h3-11H,1-2H3,(H,22,23). The zero-order valence-corrected chi connectivity index (χ0v) is 16.5. The van der Waals surface area contributed by atoms with Crippen LogP contribution in [0.1, 0.15) is 11.3 Å². The zero-order valence-electron chi connectivity index (χ0n) is 14.1. The predicted octanol–water partition coefficient (Wildman–Crippen LogP) is 5.47. The maximum absolute atomic E-state index is 12.6. The molecule has 1 heterocycles. The molecule has 0 aliphatic carbocycles. The topological polar surface area (TPSA) is 59.1 Å². The summed E-state index contributed by atoms with van der Waals surface area (Å²) in [6.45, 7) is 3.61. The molecule has 0 fully saturated rings. The normalized spacial score (nSPS) is 11.4. The monoisotopic (exact) mass is 406 g/mol. The van der Waals surface area contributed by atoms with Gasteiger partial charge in [0.2, 0.25) is 0 Å². The van der Waals surface area contributed by atoms with Gasteiger partial charge < -0.3 is 0 Å². The van der Waals surface area contributed by atoms with E-state index in [2.05, 4.69) is 9.71 Å². The second-order valence-corrected chi connectivity index (χ2v) is 8.32. The quantitative estimate of drug-likeness (QED) is 0.624. The van der Waals surface area contributed by atoms with Crippen LogP contribution in [0.3, 0.4) is 0 Å². The fourth-order valence-electron chi connectivity index (χ4n) is 2.52. The highest BCUT2D eigenvalue weighted by Crippen LogP contribution is 2.30. The van der Waals surface area contributed by atoms with Crippen LogP contribution in [0.25, 0.3) is 11.1 Å². The van der Waals surface area contributed by atoms with Crippen LogP contribution in [0.5, 0.6) is 0 Å². The molecule has 0 unspecified atom stereocenters. The minimum Gasteiger partial charge on any atom is -0.263 e. The molecular formula is C19H16Cl2N2O2S.